The minimum atomic E-state index is -4.37. The Bertz CT molecular complexity index is 1210. The molecule has 0 saturated heterocycles. The Morgan fingerprint density at radius 3 is 1.91 bits per heavy atom. The van der Waals surface area contributed by atoms with Crippen molar-refractivity contribution < 1.29 is 26.8 Å². The highest BCUT2D eigenvalue weighted by molar-refractivity contribution is 7.90. The van der Waals surface area contributed by atoms with Crippen molar-refractivity contribution in [2.45, 2.75) is 62.9 Å². The molecule has 1 N–H and O–H groups in total. The average Bonchev–Trinajstić information content (AvgIpc) is 2.68. The number of fused-ring (bicyclic) bond motifs is 1. The van der Waals surface area contributed by atoms with Crippen LogP contribution in [-0.2, 0) is 28.9 Å². The lowest BCUT2D eigenvalue weighted by Gasteiger charge is -2.44. The summed E-state index contributed by atoms with van der Waals surface area (Å²) in [6.45, 7) is 10.2. The fraction of sp³-hybridized carbons (Fsp3) is 0.375. The molecule has 0 aromatic heterocycles. The summed E-state index contributed by atoms with van der Waals surface area (Å²) in [7, 11) is -8.59. The molecule has 0 amide bonds. The highest BCUT2D eigenvalue weighted by atomic mass is 32.2. The third-order valence-corrected chi connectivity index (χ3v) is 9.22. The number of benzene rings is 2. The van der Waals surface area contributed by atoms with Gasteiger partial charge in [0.2, 0.25) is 10.0 Å². The summed E-state index contributed by atoms with van der Waals surface area (Å²) in [5, 5.41) is -1.98. The Morgan fingerprint density at radius 2 is 1.36 bits per heavy atom. The van der Waals surface area contributed by atoms with Crippen LogP contribution < -0.4 is 4.72 Å². The van der Waals surface area contributed by atoms with E-state index in [-0.39, 0.29) is 21.8 Å². The minimum absolute atomic E-state index is 0.0229. The summed E-state index contributed by atoms with van der Waals surface area (Å²) < 4.78 is 56.5. The van der Waals surface area contributed by atoms with E-state index < -0.39 is 34.1 Å². The van der Waals surface area contributed by atoms with E-state index in [1.54, 1.807) is 84.0 Å². The van der Waals surface area contributed by atoms with Gasteiger partial charge in [0.25, 0.3) is 0 Å². The van der Waals surface area contributed by atoms with E-state index in [9.17, 15) is 17.8 Å². The maximum atomic E-state index is 14.8. The zero-order chi connectivity index (χ0) is 24.7. The third-order valence-electron chi connectivity index (χ3n) is 4.64. The van der Waals surface area contributed by atoms with Gasteiger partial charge >= 0.3 is 7.60 Å². The van der Waals surface area contributed by atoms with Gasteiger partial charge in [0.1, 0.15) is 0 Å². The van der Waals surface area contributed by atoms with Crippen molar-refractivity contribution in [2.24, 2.45) is 0 Å². The van der Waals surface area contributed by atoms with Crippen LogP contribution in [0.15, 0.2) is 71.6 Å². The Labute approximate surface area is 195 Å². The van der Waals surface area contributed by atoms with Crippen molar-refractivity contribution in [3.63, 3.8) is 0 Å². The summed E-state index contributed by atoms with van der Waals surface area (Å²) in [6, 6.07) is 14.2. The fourth-order valence-corrected chi connectivity index (χ4v) is 8.08. The van der Waals surface area contributed by atoms with Gasteiger partial charge in [-0.2, -0.15) is 4.72 Å². The molecule has 0 spiro atoms. The van der Waals surface area contributed by atoms with E-state index in [2.05, 4.69) is 4.72 Å². The fourth-order valence-electron chi connectivity index (χ4n) is 3.54. The number of carbonyl (C=O) groups is 1. The third kappa shape index (κ3) is 5.36. The smallest absolute Gasteiger partial charge is 0.301 e. The molecular weight excluding hydrogens is 461 g/mol. The van der Waals surface area contributed by atoms with Gasteiger partial charge in [0, 0.05) is 11.1 Å². The Balaban J connectivity index is 2.36. The van der Waals surface area contributed by atoms with Gasteiger partial charge in [0.05, 0.1) is 16.1 Å². The minimum Gasteiger partial charge on any atom is -0.301 e. The SMILES string of the molecule is CC(C)(C)OP(=O)(OC(C)(C)C)C1(NS(=O)(=O)c2ccccc2)C=CC(=O)c2ccccc21. The van der Waals surface area contributed by atoms with E-state index in [1.165, 1.54) is 24.3 Å². The van der Waals surface area contributed by atoms with Crippen molar-refractivity contribution in [1.29, 1.82) is 0 Å². The molecule has 0 radical (unpaired) electrons. The standard InChI is InChI=1S/C24H30NO6PS/c1-22(2,3)30-32(27,31-23(4,5)6)24(25-33(28,29)18-12-8-7-9-13-18)17-16-21(26)19-14-10-11-15-20(19)24/h7-17,25H,1-6H3. The van der Waals surface area contributed by atoms with E-state index in [0.717, 1.165) is 0 Å². The molecule has 178 valence electrons. The molecule has 1 aliphatic carbocycles. The lowest BCUT2D eigenvalue weighted by Crippen LogP contribution is -2.49. The average molecular weight is 492 g/mol. The van der Waals surface area contributed by atoms with Gasteiger partial charge in [-0.15, -0.1) is 0 Å². The van der Waals surface area contributed by atoms with Crippen molar-refractivity contribution in [1.82, 2.24) is 4.72 Å². The zero-order valence-corrected chi connectivity index (χ0v) is 21.4. The van der Waals surface area contributed by atoms with Crippen LogP contribution in [0, 0.1) is 0 Å². The number of hydrogen-bond acceptors (Lipinski definition) is 6. The number of rotatable bonds is 6. The Hall–Kier alpha value is -2.09. The first kappa shape index (κ1) is 25.5. The molecule has 1 unspecified atom stereocenters. The number of nitrogens with one attached hydrogen (secondary N) is 1. The lowest BCUT2D eigenvalue weighted by atomic mass is 9.92. The largest absolute Gasteiger partial charge is 0.361 e. The monoisotopic (exact) mass is 491 g/mol. The number of carbonyl (C=O) groups excluding carboxylic acids is 1. The Morgan fingerprint density at radius 1 is 0.848 bits per heavy atom. The molecule has 0 aliphatic heterocycles. The second kappa shape index (κ2) is 8.60. The molecule has 0 saturated carbocycles. The first-order valence-corrected chi connectivity index (χ1v) is 13.5. The predicted octanol–water partition coefficient (Wildman–Crippen LogP) is 5.39. The highest BCUT2D eigenvalue weighted by Gasteiger charge is 2.58. The first-order valence-electron chi connectivity index (χ1n) is 10.5. The summed E-state index contributed by atoms with van der Waals surface area (Å²) in [5.41, 5.74) is -1.51. The molecule has 9 heteroatoms. The molecule has 3 rings (SSSR count). The zero-order valence-electron chi connectivity index (χ0n) is 19.7. The molecule has 7 nitrogen and oxygen atoms in total. The van der Waals surface area contributed by atoms with Gasteiger partial charge in [-0.05, 0) is 65.8 Å². The van der Waals surface area contributed by atoms with Gasteiger partial charge in [-0.1, -0.05) is 42.5 Å². The van der Waals surface area contributed by atoms with Gasteiger partial charge in [-0.3, -0.25) is 9.36 Å². The van der Waals surface area contributed by atoms with Crippen LogP contribution in [0.1, 0.15) is 57.5 Å². The first-order chi connectivity index (χ1) is 15.1. The quantitative estimate of drug-likeness (QED) is 0.544. The van der Waals surface area contributed by atoms with Crippen LogP contribution >= 0.6 is 7.60 Å². The molecule has 1 atom stereocenters. The summed E-state index contributed by atoms with van der Waals surface area (Å²) in [5.74, 6) is -0.335. The summed E-state index contributed by atoms with van der Waals surface area (Å²) in [4.78, 5) is 12.6. The summed E-state index contributed by atoms with van der Waals surface area (Å²) >= 11 is 0. The molecule has 2 aromatic rings. The van der Waals surface area contributed by atoms with Gasteiger partial charge in [0.15, 0.2) is 11.1 Å². The number of sulfonamides is 1. The van der Waals surface area contributed by atoms with Crippen LogP contribution in [-0.4, -0.2) is 25.4 Å². The van der Waals surface area contributed by atoms with E-state index >= 15 is 0 Å². The van der Waals surface area contributed by atoms with Crippen molar-refractivity contribution >= 4 is 23.4 Å². The van der Waals surface area contributed by atoms with E-state index in [1.807, 2.05) is 0 Å². The van der Waals surface area contributed by atoms with Gasteiger partial charge < -0.3 is 9.05 Å². The van der Waals surface area contributed by atoms with Crippen LogP contribution in [0.3, 0.4) is 0 Å². The Kier molecular flexibility index (Phi) is 6.65. The number of hydrogen-bond donors (Lipinski definition) is 1. The maximum absolute atomic E-state index is 14.8. The second-order valence-electron chi connectivity index (χ2n) is 9.83. The maximum Gasteiger partial charge on any atom is 0.361 e. The normalized spacial score (nSPS) is 19.4. The van der Waals surface area contributed by atoms with E-state index in [0.29, 0.717) is 0 Å². The second-order valence-corrected chi connectivity index (χ2v) is 13.6. The van der Waals surface area contributed by atoms with E-state index in [4.69, 9.17) is 9.05 Å². The van der Waals surface area contributed by atoms with Crippen LogP contribution in [0.5, 0.6) is 0 Å². The molecule has 0 heterocycles. The summed E-state index contributed by atoms with van der Waals surface area (Å²) in [6.07, 6.45) is 2.50. The molecular formula is C24H30NO6PS. The molecule has 0 bridgehead atoms. The van der Waals surface area contributed by atoms with Crippen LogP contribution in [0.4, 0.5) is 0 Å². The van der Waals surface area contributed by atoms with Crippen molar-refractivity contribution in [3.8, 4) is 0 Å². The molecule has 1 aliphatic rings. The number of ketones is 1. The number of allylic oxidation sites excluding steroid dienone is 1. The topological polar surface area (TPSA) is 98.8 Å². The predicted molar refractivity (Wildman–Crippen MR) is 128 cm³/mol. The van der Waals surface area contributed by atoms with Crippen LogP contribution in [0.2, 0.25) is 0 Å². The van der Waals surface area contributed by atoms with Gasteiger partial charge in [-0.25, -0.2) is 8.42 Å². The molecule has 2 aromatic carbocycles. The lowest BCUT2D eigenvalue weighted by molar-refractivity contribution is 0.0395. The molecule has 0 fully saturated rings. The molecule has 33 heavy (non-hydrogen) atoms. The van der Waals surface area contributed by atoms with Crippen molar-refractivity contribution in [3.05, 3.63) is 77.9 Å². The highest BCUT2D eigenvalue weighted by Crippen LogP contribution is 2.69. The van der Waals surface area contributed by atoms with Crippen molar-refractivity contribution in [2.75, 3.05) is 0 Å². The van der Waals surface area contributed by atoms with Crippen LogP contribution in [0.25, 0.3) is 0 Å².